The largest absolute Gasteiger partial charge is 0.396 e. The average molecular weight is 267 g/mol. The third-order valence-electron chi connectivity index (χ3n) is 2.85. The van der Waals surface area contributed by atoms with Gasteiger partial charge in [-0.15, -0.1) is 15.0 Å². The number of hydrogen-bond donors (Lipinski definition) is 1. The lowest BCUT2D eigenvalue weighted by Crippen LogP contribution is -2.00. The summed E-state index contributed by atoms with van der Waals surface area (Å²) in [5.41, 5.74) is 2.53. The van der Waals surface area contributed by atoms with E-state index in [1.807, 2.05) is 42.5 Å². The maximum atomic E-state index is 8.98. The summed E-state index contributed by atoms with van der Waals surface area (Å²) in [7, 11) is 0. The Labute approximate surface area is 115 Å². The van der Waals surface area contributed by atoms with Crippen LogP contribution in [0.3, 0.4) is 0 Å². The summed E-state index contributed by atoms with van der Waals surface area (Å²) < 4.78 is 0. The molecule has 2 heterocycles. The van der Waals surface area contributed by atoms with Crippen molar-refractivity contribution in [1.29, 1.82) is 0 Å². The van der Waals surface area contributed by atoms with E-state index in [1.54, 1.807) is 6.20 Å². The van der Waals surface area contributed by atoms with Crippen molar-refractivity contribution in [2.24, 2.45) is 0 Å². The number of hydrogen-bond acceptors (Lipinski definition) is 5. The summed E-state index contributed by atoms with van der Waals surface area (Å²) >= 11 is 0. The SMILES string of the molecule is OCCc1cccc(-n2nnc(-c3ccccn3)n2)c1. The Hall–Kier alpha value is -2.60. The van der Waals surface area contributed by atoms with E-state index >= 15 is 0 Å². The fraction of sp³-hybridized carbons (Fsp3) is 0.143. The van der Waals surface area contributed by atoms with E-state index in [9.17, 15) is 0 Å². The minimum absolute atomic E-state index is 0.118. The van der Waals surface area contributed by atoms with Gasteiger partial charge in [0.2, 0.25) is 5.82 Å². The van der Waals surface area contributed by atoms with Crippen LogP contribution in [0.15, 0.2) is 48.7 Å². The van der Waals surface area contributed by atoms with Gasteiger partial charge in [0.1, 0.15) is 5.69 Å². The molecule has 2 aromatic heterocycles. The van der Waals surface area contributed by atoms with E-state index in [0.717, 1.165) is 11.3 Å². The van der Waals surface area contributed by atoms with Gasteiger partial charge in [0.15, 0.2) is 0 Å². The lowest BCUT2D eigenvalue weighted by Gasteiger charge is -2.01. The van der Waals surface area contributed by atoms with Crippen LogP contribution in [0.2, 0.25) is 0 Å². The molecule has 0 aliphatic heterocycles. The van der Waals surface area contributed by atoms with Crippen LogP contribution in [-0.2, 0) is 6.42 Å². The molecule has 0 aliphatic rings. The summed E-state index contributed by atoms with van der Waals surface area (Å²) in [5, 5.41) is 21.3. The van der Waals surface area contributed by atoms with Gasteiger partial charge >= 0.3 is 0 Å². The van der Waals surface area contributed by atoms with Gasteiger partial charge in [-0.25, -0.2) is 0 Å². The molecule has 0 saturated carbocycles. The molecule has 20 heavy (non-hydrogen) atoms. The summed E-state index contributed by atoms with van der Waals surface area (Å²) in [5.74, 6) is 0.484. The second kappa shape index (κ2) is 5.58. The normalized spacial score (nSPS) is 10.7. The zero-order valence-corrected chi connectivity index (χ0v) is 10.7. The van der Waals surface area contributed by atoms with E-state index in [4.69, 9.17) is 5.11 Å². The zero-order valence-electron chi connectivity index (χ0n) is 10.7. The van der Waals surface area contributed by atoms with Crippen molar-refractivity contribution in [3.8, 4) is 17.2 Å². The smallest absolute Gasteiger partial charge is 0.223 e. The molecule has 100 valence electrons. The summed E-state index contributed by atoms with van der Waals surface area (Å²) in [6, 6.07) is 13.2. The maximum absolute atomic E-state index is 8.98. The molecular weight excluding hydrogens is 254 g/mol. The molecule has 3 rings (SSSR count). The number of aromatic nitrogens is 5. The molecular formula is C14H13N5O. The van der Waals surface area contributed by atoms with Gasteiger partial charge in [-0.1, -0.05) is 18.2 Å². The van der Waals surface area contributed by atoms with Crippen LogP contribution in [-0.4, -0.2) is 36.9 Å². The van der Waals surface area contributed by atoms with Gasteiger partial charge in [0, 0.05) is 12.8 Å². The second-order valence-electron chi connectivity index (χ2n) is 4.26. The highest BCUT2D eigenvalue weighted by atomic mass is 16.2. The predicted molar refractivity (Wildman–Crippen MR) is 73.2 cm³/mol. The van der Waals surface area contributed by atoms with E-state index in [1.165, 1.54) is 4.80 Å². The Morgan fingerprint density at radius 3 is 2.85 bits per heavy atom. The molecule has 0 atom stereocenters. The fourth-order valence-electron chi connectivity index (χ4n) is 1.89. The van der Waals surface area contributed by atoms with Crippen LogP contribution in [0.25, 0.3) is 17.2 Å². The van der Waals surface area contributed by atoms with E-state index in [0.29, 0.717) is 17.9 Å². The molecule has 0 aliphatic carbocycles. The molecule has 0 bridgehead atoms. The van der Waals surface area contributed by atoms with E-state index in [2.05, 4.69) is 20.4 Å². The molecule has 0 amide bonds. The van der Waals surface area contributed by atoms with Gasteiger partial charge in [0.05, 0.1) is 5.69 Å². The first-order valence-electron chi connectivity index (χ1n) is 6.28. The summed E-state index contributed by atoms with van der Waals surface area (Å²) in [6.07, 6.45) is 2.30. The standard InChI is InChI=1S/C14H13N5O/c20-9-7-11-4-3-5-12(10-11)19-17-14(16-18-19)13-6-1-2-8-15-13/h1-6,8,10,20H,7,9H2. The van der Waals surface area contributed by atoms with Crippen molar-refractivity contribution in [1.82, 2.24) is 25.2 Å². The lowest BCUT2D eigenvalue weighted by atomic mass is 10.1. The molecule has 6 nitrogen and oxygen atoms in total. The summed E-state index contributed by atoms with van der Waals surface area (Å²) in [6.45, 7) is 0.118. The number of pyridine rings is 1. The average Bonchev–Trinajstić information content (AvgIpc) is 2.99. The van der Waals surface area contributed by atoms with E-state index < -0.39 is 0 Å². The van der Waals surface area contributed by atoms with Crippen LogP contribution in [0, 0.1) is 0 Å². The van der Waals surface area contributed by atoms with Crippen molar-refractivity contribution in [3.63, 3.8) is 0 Å². The Bertz CT molecular complexity index is 696. The Morgan fingerprint density at radius 2 is 2.05 bits per heavy atom. The van der Waals surface area contributed by atoms with E-state index in [-0.39, 0.29) is 6.61 Å². The third-order valence-corrected chi connectivity index (χ3v) is 2.85. The Morgan fingerprint density at radius 1 is 1.10 bits per heavy atom. The van der Waals surface area contributed by atoms with Crippen molar-refractivity contribution < 1.29 is 5.11 Å². The van der Waals surface area contributed by atoms with Gasteiger partial charge in [-0.05, 0) is 41.5 Å². The van der Waals surface area contributed by atoms with Gasteiger partial charge in [-0.2, -0.15) is 0 Å². The van der Waals surface area contributed by atoms with Crippen molar-refractivity contribution >= 4 is 0 Å². The highest BCUT2D eigenvalue weighted by Gasteiger charge is 2.08. The molecule has 1 N–H and O–H groups in total. The number of tetrazole rings is 1. The zero-order chi connectivity index (χ0) is 13.8. The van der Waals surface area contributed by atoms with Crippen molar-refractivity contribution in [3.05, 3.63) is 54.2 Å². The molecule has 0 spiro atoms. The molecule has 0 radical (unpaired) electrons. The molecule has 1 aromatic carbocycles. The van der Waals surface area contributed by atoms with Gasteiger partial charge in [0.25, 0.3) is 0 Å². The Balaban J connectivity index is 1.92. The van der Waals surface area contributed by atoms with Crippen LogP contribution >= 0.6 is 0 Å². The number of aliphatic hydroxyl groups excluding tert-OH is 1. The number of rotatable bonds is 4. The quantitative estimate of drug-likeness (QED) is 0.770. The van der Waals surface area contributed by atoms with Crippen LogP contribution in [0.1, 0.15) is 5.56 Å². The molecule has 0 unspecified atom stereocenters. The number of aliphatic hydroxyl groups is 1. The van der Waals surface area contributed by atoms with Crippen LogP contribution in [0.4, 0.5) is 0 Å². The Kier molecular flexibility index (Phi) is 3.47. The first-order valence-corrected chi connectivity index (χ1v) is 6.28. The first kappa shape index (κ1) is 12.4. The second-order valence-corrected chi connectivity index (χ2v) is 4.26. The minimum atomic E-state index is 0.118. The molecule has 6 heteroatoms. The lowest BCUT2D eigenvalue weighted by molar-refractivity contribution is 0.299. The number of nitrogens with zero attached hydrogens (tertiary/aromatic N) is 5. The van der Waals surface area contributed by atoms with Crippen molar-refractivity contribution in [2.45, 2.75) is 6.42 Å². The van der Waals surface area contributed by atoms with Crippen molar-refractivity contribution in [2.75, 3.05) is 6.61 Å². The molecule has 3 aromatic rings. The predicted octanol–water partition coefficient (Wildman–Crippen LogP) is 1.26. The summed E-state index contributed by atoms with van der Waals surface area (Å²) in [4.78, 5) is 5.65. The fourth-order valence-corrected chi connectivity index (χ4v) is 1.89. The van der Waals surface area contributed by atoms with Gasteiger partial charge in [-0.3, -0.25) is 4.98 Å². The topological polar surface area (TPSA) is 76.7 Å². The van der Waals surface area contributed by atoms with Gasteiger partial charge < -0.3 is 5.11 Å². The molecule has 0 saturated heterocycles. The highest BCUT2D eigenvalue weighted by molar-refractivity contribution is 5.47. The first-order chi connectivity index (χ1) is 9.86. The maximum Gasteiger partial charge on any atom is 0.223 e. The highest BCUT2D eigenvalue weighted by Crippen LogP contribution is 2.12. The van der Waals surface area contributed by atoms with Crippen LogP contribution < -0.4 is 0 Å². The monoisotopic (exact) mass is 267 g/mol. The number of benzene rings is 1. The molecule has 0 fully saturated rings. The third kappa shape index (κ3) is 2.55. The van der Waals surface area contributed by atoms with Crippen LogP contribution in [0.5, 0.6) is 0 Å². The minimum Gasteiger partial charge on any atom is -0.396 e.